The number of methoxy groups -OCH3 is 2. The van der Waals surface area contributed by atoms with Crippen molar-refractivity contribution in [2.24, 2.45) is 10.4 Å². The van der Waals surface area contributed by atoms with Gasteiger partial charge in [-0.3, -0.25) is 9.79 Å². The maximum absolute atomic E-state index is 12.2. The van der Waals surface area contributed by atoms with Crippen LogP contribution in [-0.4, -0.2) is 59.4 Å². The molecule has 156 valence electrons. The van der Waals surface area contributed by atoms with Crippen molar-refractivity contribution in [1.82, 2.24) is 16.0 Å². The Hall–Kier alpha value is -2.28. The normalized spacial score (nSPS) is 15.9. The second-order valence-electron chi connectivity index (χ2n) is 7.29. The fourth-order valence-electron chi connectivity index (χ4n) is 3.65. The quantitative estimate of drug-likeness (QED) is 0.324. The number of guanidine groups is 1. The van der Waals surface area contributed by atoms with E-state index < -0.39 is 0 Å². The van der Waals surface area contributed by atoms with Crippen LogP contribution in [0.2, 0.25) is 0 Å². The Morgan fingerprint density at radius 1 is 1.07 bits per heavy atom. The van der Waals surface area contributed by atoms with E-state index in [-0.39, 0.29) is 5.91 Å². The molecular formula is C21H34N4O3. The lowest BCUT2D eigenvalue weighted by molar-refractivity contribution is 0.0954. The van der Waals surface area contributed by atoms with Crippen LogP contribution in [0.3, 0.4) is 0 Å². The van der Waals surface area contributed by atoms with Crippen molar-refractivity contribution in [3.05, 3.63) is 29.8 Å². The van der Waals surface area contributed by atoms with E-state index in [0.29, 0.717) is 24.1 Å². The minimum Gasteiger partial charge on any atom is -0.497 e. The third-order valence-corrected chi connectivity index (χ3v) is 5.41. The summed E-state index contributed by atoms with van der Waals surface area (Å²) in [7, 11) is 5.13. The van der Waals surface area contributed by atoms with Gasteiger partial charge < -0.3 is 25.4 Å². The molecule has 7 heteroatoms. The lowest BCUT2D eigenvalue weighted by Crippen LogP contribution is -2.45. The summed E-state index contributed by atoms with van der Waals surface area (Å²) in [5.74, 6) is 1.40. The van der Waals surface area contributed by atoms with Crippen LogP contribution in [0.25, 0.3) is 0 Å². The zero-order valence-corrected chi connectivity index (χ0v) is 17.3. The first kappa shape index (κ1) is 22.0. The van der Waals surface area contributed by atoms with Crippen LogP contribution in [-0.2, 0) is 4.74 Å². The molecule has 0 heterocycles. The number of hydrogen-bond acceptors (Lipinski definition) is 4. The van der Waals surface area contributed by atoms with Crippen molar-refractivity contribution in [3.63, 3.8) is 0 Å². The van der Waals surface area contributed by atoms with Crippen LogP contribution in [0.4, 0.5) is 0 Å². The molecule has 1 aliphatic rings. The van der Waals surface area contributed by atoms with E-state index in [0.717, 1.165) is 31.3 Å². The standard InChI is InChI=1S/C21H34N4O3/c1-22-20(25-16-21(12-15-27-2)10-4-5-11-21)24-14-13-23-19(26)17-6-8-18(28-3)9-7-17/h6-9H,4-5,10-16H2,1-3H3,(H,23,26)(H2,22,24,25). The Morgan fingerprint density at radius 2 is 1.75 bits per heavy atom. The number of aliphatic imine (C=N–C) groups is 1. The summed E-state index contributed by atoms with van der Waals surface area (Å²) in [4.78, 5) is 16.5. The summed E-state index contributed by atoms with van der Waals surface area (Å²) in [6.45, 7) is 2.81. The van der Waals surface area contributed by atoms with E-state index in [1.165, 1.54) is 25.7 Å². The van der Waals surface area contributed by atoms with Crippen molar-refractivity contribution in [3.8, 4) is 5.75 Å². The summed E-state index contributed by atoms with van der Waals surface area (Å²) in [5, 5.41) is 9.62. The van der Waals surface area contributed by atoms with Gasteiger partial charge in [-0.2, -0.15) is 0 Å². The highest BCUT2D eigenvalue weighted by Crippen LogP contribution is 2.40. The van der Waals surface area contributed by atoms with Gasteiger partial charge in [0, 0.05) is 46.0 Å². The third kappa shape index (κ3) is 6.71. The first-order valence-corrected chi connectivity index (χ1v) is 9.98. The zero-order chi connectivity index (χ0) is 20.2. The molecule has 0 aliphatic heterocycles. The van der Waals surface area contributed by atoms with Crippen LogP contribution < -0.4 is 20.7 Å². The fourth-order valence-corrected chi connectivity index (χ4v) is 3.65. The topological polar surface area (TPSA) is 84.0 Å². The maximum Gasteiger partial charge on any atom is 0.251 e. The number of amides is 1. The number of hydrogen-bond donors (Lipinski definition) is 3. The van der Waals surface area contributed by atoms with Gasteiger partial charge in [0.2, 0.25) is 0 Å². The van der Waals surface area contributed by atoms with E-state index >= 15 is 0 Å². The van der Waals surface area contributed by atoms with E-state index in [2.05, 4.69) is 20.9 Å². The van der Waals surface area contributed by atoms with Crippen LogP contribution in [0.15, 0.2) is 29.3 Å². The van der Waals surface area contributed by atoms with Gasteiger partial charge in [0.1, 0.15) is 5.75 Å². The number of nitrogens with zero attached hydrogens (tertiary/aromatic N) is 1. The highest BCUT2D eigenvalue weighted by atomic mass is 16.5. The van der Waals surface area contributed by atoms with Gasteiger partial charge >= 0.3 is 0 Å². The Bertz CT molecular complexity index is 625. The van der Waals surface area contributed by atoms with Gasteiger partial charge in [0.15, 0.2) is 5.96 Å². The Kier molecular flexibility index (Phi) is 9.07. The van der Waals surface area contributed by atoms with Gasteiger partial charge in [-0.05, 0) is 48.9 Å². The predicted octanol–water partition coefficient (Wildman–Crippen LogP) is 2.19. The number of carbonyl (C=O) groups excluding carboxylic acids is 1. The highest BCUT2D eigenvalue weighted by molar-refractivity contribution is 5.94. The lowest BCUT2D eigenvalue weighted by Gasteiger charge is -2.30. The Balaban J connectivity index is 1.70. The first-order chi connectivity index (χ1) is 13.6. The number of ether oxygens (including phenoxy) is 2. The van der Waals surface area contributed by atoms with E-state index in [9.17, 15) is 4.79 Å². The summed E-state index contributed by atoms with van der Waals surface area (Å²) in [6, 6.07) is 7.06. The van der Waals surface area contributed by atoms with Gasteiger partial charge in [-0.15, -0.1) is 0 Å². The molecule has 1 fully saturated rings. The molecule has 28 heavy (non-hydrogen) atoms. The average Bonchev–Trinajstić information content (AvgIpc) is 3.20. The van der Waals surface area contributed by atoms with Crippen molar-refractivity contribution < 1.29 is 14.3 Å². The second kappa shape index (κ2) is 11.5. The largest absolute Gasteiger partial charge is 0.497 e. The molecule has 0 saturated heterocycles. The summed E-state index contributed by atoms with van der Waals surface area (Å²) in [6.07, 6.45) is 6.12. The molecule has 0 radical (unpaired) electrons. The number of rotatable bonds is 10. The Labute approximate surface area is 168 Å². The van der Waals surface area contributed by atoms with Crippen LogP contribution >= 0.6 is 0 Å². The molecular weight excluding hydrogens is 356 g/mol. The fraction of sp³-hybridized carbons (Fsp3) is 0.619. The monoisotopic (exact) mass is 390 g/mol. The van der Waals surface area contributed by atoms with E-state index in [1.807, 2.05) is 0 Å². The molecule has 1 aromatic rings. The zero-order valence-electron chi connectivity index (χ0n) is 17.3. The smallest absolute Gasteiger partial charge is 0.251 e. The third-order valence-electron chi connectivity index (χ3n) is 5.41. The van der Waals surface area contributed by atoms with Crippen LogP contribution in [0, 0.1) is 5.41 Å². The average molecular weight is 391 g/mol. The van der Waals surface area contributed by atoms with Crippen molar-refractivity contribution in [1.29, 1.82) is 0 Å². The van der Waals surface area contributed by atoms with Gasteiger partial charge in [0.25, 0.3) is 5.91 Å². The maximum atomic E-state index is 12.2. The highest BCUT2D eigenvalue weighted by Gasteiger charge is 2.33. The van der Waals surface area contributed by atoms with E-state index in [1.54, 1.807) is 45.5 Å². The van der Waals surface area contributed by atoms with Crippen molar-refractivity contribution in [2.45, 2.75) is 32.1 Å². The predicted molar refractivity (Wildman–Crippen MR) is 112 cm³/mol. The molecule has 1 aliphatic carbocycles. The SMILES string of the molecule is CN=C(NCCNC(=O)c1ccc(OC)cc1)NCC1(CCOC)CCCC1. The van der Waals surface area contributed by atoms with Crippen LogP contribution in [0.5, 0.6) is 5.75 Å². The molecule has 1 saturated carbocycles. The van der Waals surface area contributed by atoms with Gasteiger partial charge in [0.05, 0.1) is 7.11 Å². The molecule has 0 spiro atoms. The minimum absolute atomic E-state index is 0.100. The van der Waals surface area contributed by atoms with Gasteiger partial charge in [-0.1, -0.05) is 12.8 Å². The number of carbonyl (C=O) groups is 1. The van der Waals surface area contributed by atoms with E-state index in [4.69, 9.17) is 9.47 Å². The molecule has 0 aromatic heterocycles. The molecule has 2 rings (SSSR count). The molecule has 1 amide bonds. The molecule has 0 atom stereocenters. The van der Waals surface area contributed by atoms with Crippen LogP contribution in [0.1, 0.15) is 42.5 Å². The molecule has 0 bridgehead atoms. The summed E-state index contributed by atoms with van der Waals surface area (Å²) >= 11 is 0. The number of benzene rings is 1. The minimum atomic E-state index is -0.100. The molecule has 3 N–H and O–H groups in total. The second-order valence-corrected chi connectivity index (χ2v) is 7.29. The lowest BCUT2D eigenvalue weighted by atomic mass is 9.83. The summed E-state index contributed by atoms with van der Waals surface area (Å²) < 4.78 is 10.4. The Morgan fingerprint density at radius 3 is 2.36 bits per heavy atom. The molecule has 0 unspecified atom stereocenters. The van der Waals surface area contributed by atoms with Gasteiger partial charge in [-0.25, -0.2) is 0 Å². The molecule has 1 aromatic carbocycles. The van der Waals surface area contributed by atoms with Crippen molar-refractivity contribution in [2.75, 3.05) is 47.5 Å². The first-order valence-electron chi connectivity index (χ1n) is 9.98. The molecule has 7 nitrogen and oxygen atoms in total. The van der Waals surface area contributed by atoms with Crippen molar-refractivity contribution >= 4 is 11.9 Å². The summed E-state index contributed by atoms with van der Waals surface area (Å²) in [5.41, 5.74) is 0.917. The number of nitrogens with one attached hydrogen (secondary N) is 3.